The number of methoxy groups -OCH3 is 1. The van der Waals surface area contributed by atoms with Crippen LogP contribution in [-0.2, 0) is 0 Å². The van der Waals surface area contributed by atoms with Gasteiger partial charge in [0.1, 0.15) is 6.29 Å². The number of hydrogen-bond donors (Lipinski definition) is 2. The molecule has 152 valence electrons. The van der Waals surface area contributed by atoms with Gasteiger partial charge in [-0.25, -0.2) is 4.79 Å². The Morgan fingerprint density at radius 3 is 2.43 bits per heavy atom. The van der Waals surface area contributed by atoms with Gasteiger partial charge in [-0.1, -0.05) is 0 Å². The third kappa shape index (κ3) is 4.10. The first-order valence-electron chi connectivity index (χ1n) is 10.4. The minimum Gasteiger partial charge on any atom is -0.493 e. The van der Waals surface area contributed by atoms with E-state index < -0.39 is 0 Å². The van der Waals surface area contributed by atoms with Crippen LogP contribution in [0.15, 0.2) is 18.2 Å². The largest absolute Gasteiger partial charge is 0.493 e. The van der Waals surface area contributed by atoms with Crippen LogP contribution in [0.25, 0.3) is 0 Å². The lowest BCUT2D eigenvalue weighted by molar-refractivity contribution is -0.0135. The van der Waals surface area contributed by atoms with Crippen molar-refractivity contribution in [2.45, 2.75) is 50.5 Å². The average Bonchev–Trinajstić information content (AvgIpc) is 2.66. The monoisotopic (exact) mass is 386 g/mol. The molecule has 0 unspecified atom stereocenters. The van der Waals surface area contributed by atoms with Crippen LogP contribution in [0.2, 0.25) is 0 Å². The highest BCUT2D eigenvalue weighted by Crippen LogP contribution is 2.55. The van der Waals surface area contributed by atoms with Gasteiger partial charge >= 0.3 is 6.03 Å². The topological polar surface area (TPSA) is 76.7 Å². The number of nitrogens with one attached hydrogen (secondary N) is 2. The molecule has 4 aliphatic rings. The Kier molecular flexibility index (Phi) is 5.47. The summed E-state index contributed by atoms with van der Waals surface area (Å²) < 4.78 is 11.0. The molecule has 1 aromatic carbocycles. The van der Waals surface area contributed by atoms with Gasteiger partial charge in [-0.3, -0.25) is 4.79 Å². The quantitative estimate of drug-likeness (QED) is 0.529. The second-order valence-corrected chi connectivity index (χ2v) is 8.81. The summed E-state index contributed by atoms with van der Waals surface area (Å²) in [7, 11) is 1.55. The minimum absolute atomic E-state index is 0.0447. The van der Waals surface area contributed by atoms with Crippen LogP contribution in [0.1, 0.15) is 55.3 Å². The standard InChI is InChI=1S/C22H30N2O4/c1-27-20-10-15(14-25)3-4-19(20)28-6-2-5-23-21(26)24-22-11-16-7-17(12-22)9-18(8-16)13-22/h3-4,10,14,16-18H,2,5-9,11-13H2,1H3,(H2,23,24,26). The van der Waals surface area contributed by atoms with Crippen LogP contribution in [0.5, 0.6) is 11.5 Å². The fourth-order valence-corrected chi connectivity index (χ4v) is 5.88. The summed E-state index contributed by atoms with van der Waals surface area (Å²) in [6, 6.07) is 5.03. The van der Waals surface area contributed by atoms with E-state index in [1.807, 2.05) is 0 Å². The smallest absolute Gasteiger partial charge is 0.315 e. The van der Waals surface area contributed by atoms with Crippen LogP contribution < -0.4 is 20.1 Å². The van der Waals surface area contributed by atoms with Gasteiger partial charge in [0, 0.05) is 17.6 Å². The molecule has 0 atom stereocenters. The van der Waals surface area contributed by atoms with Crippen molar-refractivity contribution >= 4 is 12.3 Å². The van der Waals surface area contributed by atoms with E-state index in [0.717, 1.165) is 43.3 Å². The molecule has 28 heavy (non-hydrogen) atoms. The second kappa shape index (κ2) is 8.02. The summed E-state index contributed by atoms with van der Waals surface area (Å²) in [4.78, 5) is 23.3. The Balaban J connectivity index is 1.19. The van der Waals surface area contributed by atoms with E-state index in [0.29, 0.717) is 36.6 Å². The molecule has 2 N–H and O–H groups in total. The fourth-order valence-electron chi connectivity index (χ4n) is 5.88. The second-order valence-electron chi connectivity index (χ2n) is 8.81. The highest BCUT2D eigenvalue weighted by atomic mass is 16.5. The van der Waals surface area contributed by atoms with E-state index in [2.05, 4.69) is 10.6 Å². The third-order valence-corrected chi connectivity index (χ3v) is 6.60. The maximum atomic E-state index is 12.4. The lowest BCUT2D eigenvalue weighted by Gasteiger charge is -2.56. The summed E-state index contributed by atoms with van der Waals surface area (Å²) in [5.41, 5.74) is 0.593. The van der Waals surface area contributed by atoms with Gasteiger partial charge in [-0.05, 0) is 80.9 Å². The van der Waals surface area contributed by atoms with Crippen molar-refractivity contribution < 1.29 is 19.1 Å². The Hall–Kier alpha value is -2.24. The Bertz CT molecular complexity index is 698. The van der Waals surface area contributed by atoms with Crippen molar-refractivity contribution in [3.05, 3.63) is 23.8 Å². The van der Waals surface area contributed by atoms with E-state index in [4.69, 9.17) is 9.47 Å². The Labute approximate surface area is 166 Å². The van der Waals surface area contributed by atoms with Crippen molar-refractivity contribution in [1.29, 1.82) is 0 Å². The number of carbonyl (C=O) groups excluding carboxylic acids is 2. The molecule has 6 heteroatoms. The molecule has 0 aliphatic heterocycles. The maximum absolute atomic E-state index is 12.4. The predicted octanol–water partition coefficient (Wildman–Crippen LogP) is 3.54. The van der Waals surface area contributed by atoms with Crippen molar-refractivity contribution in [2.75, 3.05) is 20.3 Å². The zero-order valence-electron chi connectivity index (χ0n) is 16.5. The molecule has 4 saturated carbocycles. The van der Waals surface area contributed by atoms with Gasteiger partial charge in [0.25, 0.3) is 0 Å². The summed E-state index contributed by atoms with van der Waals surface area (Å²) >= 11 is 0. The van der Waals surface area contributed by atoms with Gasteiger partial charge in [0.15, 0.2) is 11.5 Å². The van der Waals surface area contributed by atoms with Crippen molar-refractivity contribution in [2.24, 2.45) is 17.8 Å². The number of urea groups is 1. The first-order valence-corrected chi connectivity index (χ1v) is 10.4. The minimum atomic E-state index is -0.0464. The van der Waals surface area contributed by atoms with Crippen molar-refractivity contribution in [3.8, 4) is 11.5 Å². The van der Waals surface area contributed by atoms with Crippen LogP contribution in [0, 0.1) is 17.8 Å². The maximum Gasteiger partial charge on any atom is 0.315 e. The van der Waals surface area contributed by atoms with Gasteiger partial charge in [-0.2, -0.15) is 0 Å². The van der Waals surface area contributed by atoms with Gasteiger partial charge in [0.2, 0.25) is 0 Å². The number of benzene rings is 1. The van der Waals surface area contributed by atoms with E-state index in [1.165, 1.54) is 19.3 Å². The molecule has 0 aromatic heterocycles. The summed E-state index contributed by atoms with van der Waals surface area (Å²) in [6.07, 6.45) is 9.07. The molecule has 4 aliphatic carbocycles. The number of ether oxygens (including phenoxy) is 2. The highest BCUT2D eigenvalue weighted by molar-refractivity contribution is 5.76. The van der Waals surface area contributed by atoms with Crippen LogP contribution in [-0.4, -0.2) is 38.1 Å². The SMILES string of the molecule is COc1cc(C=O)ccc1OCCCNC(=O)NC12CC3CC(CC(C3)C1)C2. The van der Waals surface area contributed by atoms with E-state index in [9.17, 15) is 9.59 Å². The average molecular weight is 386 g/mol. The number of carbonyl (C=O) groups is 2. The van der Waals surface area contributed by atoms with Crippen molar-refractivity contribution in [3.63, 3.8) is 0 Å². The number of amides is 2. The van der Waals surface area contributed by atoms with Crippen LogP contribution >= 0.6 is 0 Å². The van der Waals surface area contributed by atoms with Crippen molar-refractivity contribution in [1.82, 2.24) is 10.6 Å². The number of aldehydes is 1. The Morgan fingerprint density at radius 2 is 1.82 bits per heavy atom. The summed E-state index contributed by atoms with van der Waals surface area (Å²) in [6.45, 7) is 1.03. The molecule has 0 spiro atoms. The predicted molar refractivity (Wildman–Crippen MR) is 106 cm³/mol. The van der Waals surface area contributed by atoms with Crippen LogP contribution in [0.3, 0.4) is 0 Å². The normalized spacial score (nSPS) is 30.0. The number of rotatable bonds is 8. The molecule has 4 bridgehead atoms. The molecule has 1 aromatic rings. The molecule has 6 nitrogen and oxygen atoms in total. The zero-order chi connectivity index (χ0) is 19.6. The summed E-state index contributed by atoms with van der Waals surface area (Å²) in [5, 5.41) is 6.30. The van der Waals surface area contributed by atoms with Gasteiger partial charge in [-0.15, -0.1) is 0 Å². The zero-order valence-corrected chi connectivity index (χ0v) is 16.5. The molecular weight excluding hydrogens is 356 g/mol. The molecule has 0 radical (unpaired) electrons. The molecule has 0 saturated heterocycles. The molecular formula is C22H30N2O4. The first-order chi connectivity index (χ1) is 13.6. The Morgan fingerprint density at radius 1 is 1.14 bits per heavy atom. The van der Waals surface area contributed by atoms with E-state index in [-0.39, 0.29) is 11.6 Å². The lowest BCUT2D eigenvalue weighted by atomic mass is 9.53. The summed E-state index contributed by atoms with van der Waals surface area (Å²) in [5.74, 6) is 3.60. The van der Waals surface area contributed by atoms with E-state index >= 15 is 0 Å². The number of hydrogen-bond acceptors (Lipinski definition) is 4. The fraction of sp³-hybridized carbons (Fsp3) is 0.636. The first kappa shape index (κ1) is 19.1. The molecule has 0 heterocycles. The van der Waals surface area contributed by atoms with E-state index in [1.54, 1.807) is 25.3 Å². The van der Waals surface area contributed by atoms with Crippen LogP contribution in [0.4, 0.5) is 4.79 Å². The van der Waals surface area contributed by atoms with Gasteiger partial charge in [0.05, 0.1) is 13.7 Å². The third-order valence-electron chi connectivity index (χ3n) is 6.60. The highest BCUT2D eigenvalue weighted by Gasteiger charge is 2.51. The molecule has 5 rings (SSSR count). The van der Waals surface area contributed by atoms with Gasteiger partial charge < -0.3 is 20.1 Å². The molecule has 2 amide bonds. The molecule has 4 fully saturated rings. The lowest BCUT2D eigenvalue weighted by Crippen LogP contribution is -2.61.